The number of nitrogens with zero attached hydrogens (tertiary/aromatic N) is 2. The first kappa shape index (κ1) is 14.2. The molecule has 0 aliphatic carbocycles. The van der Waals surface area contributed by atoms with Gasteiger partial charge in [-0.3, -0.25) is 9.88 Å². The van der Waals surface area contributed by atoms with E-state index < -0.39 is 0 Å². The van der Waals surface area contributed by atoms with Crippen molar-refractivity contribution in [2.45, 2.75) is 19.5 Å². The molecule has 0 amide bonds. The Labute approximate surface area is 119 Å². The van der Waals surface area contributed by atoms with Crippen molar-refractivity contribution < 1.29 is 0 Å². The summed E-state index contributed by atoms with van der Waals surface area (Å²) in [5.74, 6) is 0. The number of likely N-dealkylation sites (N-methyl/N-ethyl adjacent to an activating group) is 1. The van der Waals surface area contributed by atoms with E-state index in [0.717, 1.165) is 19.6 Å². The highest BCUT2D eigenvalue weighted by atomic mass is 32.1. The molecule has 3 nitrogen and oxygen atoms in total. The van der Waals surface area contributed by atoms with Crippen LogP contribution >= 0.6 is 11.3 Å². The van der Waals surface area contributed by atoms with Gasteiger partial charge in [0.1, 0.15) is 0 Å². The third-order valence-corrected chi connectivity index (χ3v) is 4.35. The fourth-order valence-corrected chi connectivity index (χ4v) is 2.78. The van der Waals surface area contributed by atoms with E-state index in [1.807, 2.05) is 23.6 Å². The van der Waals surface area contributed by atoms with Gasteiger partial charge in [0.25, 0.3) is 0 Å². The third-order valence-electron chi connectivity index (χ3n) is 3.31. The van der Waals surface area contributed by atoms with E-state index >= 15 is 0 Å². The van der Waals surface area contributed by atoms with Crippen LogP contribution in [0.1, 0.15) is 23.4 Å². The van der Waals surface area contributed by atoms with Gasteiger partial charge in [-0.05, 0) is 37.0 Å². The lowest BCUT2D eigenvalue weighted by atomic mass is 10.2. The van der Waals surface area contributed by atoms with Crippen molar-refractivity contribution in [3.63, 3.8) is 0 Å². The zero-order valence-electron chi connectivity index (χ0n) is 11.5. The average molecular weight is 275 g/mol. The number of hydrogen-bond donors (Lipinski definition) is 1. The standard InChI is InChI=1S/C15H21N3S/c1-13(15-6-4-10-19-15)18(2)9-8-17-12-14-5-3-7-16-11-14/h3-7,10-11,13,17H,8-9,12H2,1-2H3. The summed E-state index contributed by atoms with van der Waals surface area (Å²) in [5, 5.41) is 5.59. The van der Waals surface area contributed by atoms with Gasteiger partial charge in [-0.1, -0.05) is 12.1 Å². The molecule has 0 radical (unpaired) electrons. The van der Waals surface area contributed by atoms with Crippen molar-refractivity contribution in [2.75, 3.05) is 20.1 Å². The van der Waals surface area contributed by atoms with E-state index in [-0.39, 0.29) is 0 Å². The Morgan fingerprint density at radius 2 is 2.26 bits per heavy atom. The van der Waals surface area contributed by atoms with Crippen LogP contribution in [0.25, 0.3) is 0 Å². The van der Waals surface area contributed by atoms with Crippen molar-refractivity contribution in [3.05, 3.63) is 52.5 Å². The Bertz CT molecular complexity index is 456. The molecule has 19 heavy (non-hydrogen) atoms. The topological polar surface area (TPSA) is 28.2 Å². The minimum absolute atomic E-state index is 0.486. The fraction of sp³-hybridized carbons (Fsp3) is 0.400. The van der Waals surface area contributed by atoms with Crippen molar-refractivity contribution in [1.29, 1.82) is 0 Å². The molecule has 1 unspecified atom stereocenters. The molecule has 1 N–H and O–H groups in total. The highest BCUT2D eigenvalue weighted by Gasteiger charge is 2.11. The molecule has 0 bridgehead atoms. The Kier molecular flexibility index (Phi) is 5.51. The smallest absolute Gasteiger partial charge is 0.0410 e. The van der Waals surface area contributed by atoms with Crippen LogP contribution in [0.5, 0.6) is 0 Å². The van der Waals surface area contributed by atoms with Gasteiger partial charge in [-0.15, -0.1) is 11.3 Å². The molecule has 4 heteroatoms. The number of thiophene rings is 1. The summed E-state index contributed by atoms with van der Waals surface area (Å²) in [6.45, 7) is 5.17. The van der Waals surface area contributed by atoms with E-state index in [9.17, 15) is 0 Å². The molecule has 0 spiro atoms. The highest BCUT2D eigenvalue weighted by molar-refractivity contribution is 7.10. The zero-order chi connectivity index (χ0) is 13.5. The number of nitrogens with one attached hydrogen (secondary N) is 1. The van der Waals surface area contributed by atoms with E-state index in [2.05, 4.69) is 52.8 Å². The quantitative estimate of drug-likeness (QED) is 0.788. The molecule has 0 aliphatic rings. The van der Waals surface area contributed by atoms with Gasteiger partial charge in [0, 0.05) is 42.9 Å². The first-order valence-corrected chi connectivity index (χ1v) is 7.48. The normalized spacial score (nSPS) is 12.8. The predicted molar refractivity (Wildman–Crippen MR) is 81.3 cm³/mol. The van der Waals surface area contributed by atoms with Gasteiger partial charge in [-0.25, -0.2) is 0 Å². The molecular formula is C15H21N3S. The number of aromatic nitrogens is 1. The van der Waals surface area contributed by atoms with E-state index in [4.69, 9.17) is 0 Å². The van der Waals surface area contributed by atoms with Crippen LogP contribution in [-0.4, -0.2) is 30.0 Å². The number of rotatable bonds is 7. The van der Waals surface area contributed by atoms with Crippen LogP contribution in [0, 0.1) is 0 Å². The Morgan fingerprint density at radius 1 is 1.37 bits per heavy atom. The number of pyridine rings is 1. The van der Waals surface area contributed by atoms with E-state index in [1.165, 1.54) is 10.4 Å². The minimum atomic E-state index is 0.486. The molecule has 0 aromatic carbocycles. The molecule has 2 aromatic heterocycles. The van der Waals surface area contributed by atoms with Gasteiger partial charge in [0.15, 0.2) is 0 Å². The first-order chi connectivity index (χ1) is 9.27. The first-order valence-electron chi connectivity index (χ1n) is 6.60. The summed E-state index contributed by atoms with van der Waals surface area (Å²) in [6, 6.07) is 8.88. The third kappa shape index (κ3) is 4.42. The van der Waals surface area contributed by atoms with E-state index in [0.29, 0.717) is 6.04 Å². The average Bonchev–Trinajstić information content (AvgIpc) is 2.98. The summed E-state index contributed by atoms with van der Waals surface area (Å²) < 4.78 is 0. The lowest BCUT2D eigenvalue weighted by Crippen LogP contribution is -2.30. The van der Waals surface area contributed by atoms with Crippen LogP contribution in [0.15, 0.2) is 42.0 Å². The second-order valence-electron chi connectivity index (χ2n) is 4.71. The maximum absolute atomic E-state index is 4.11. The van der Waals surface area contributed by atoms with Crippen LogP contribution in [0.2, 0.25) is 0 Å². The number of hydrogen-bond acceptors (Lipinski definition) is 4. The molecule has 0 saturated carbocycles. The summed E-state index contributed by atoms with van der Waals surface area (Å²) in [6.07, 6.45) is 3.71. The van der Waals surface area contributed by atoms with Gasteiger partial charge in [-0.2, -0.15) is 0 Å². The van der Waals surface area contributed by atoms with Gasteiger partial charge >= 0.3 is 0 Å². The van der Waals surface area contributed by atoms with Crippen LogP contribution in [0.3, 0.4) is 0 Å². The Balaban J connectivity index is 1.68. The fourth-order valence-electron chi connectivity index (χ4n) is 1.93. The van der Waals surface area contributed by atoms with Crippen molar-refractivity contribution in [2.24, 2.45) is 0 Å². The zero-order valence-corrected chi connectivity index (χ0v) is 12.4. The van der Waals surface area contributed by atoms with Crippen molar-refractivity contribution in [1.82, 2.24) is 15.2 Å². The minimum Gasteiger partial charge on any atom is -0.311 e. The predicted octanol–water partition coefficient (Wildman–Crippen LogP) is 2.93. The molecular weight excluding hydrogens is 254 g/mol. The molecule has 2 aromatic rings. The Morgan fingerprint density at radius 3 is 2.95 bits per heavy atom. The second-order valence-corrected chi connectivity index (χ2v) is 5.69. The van der Waals surface area contributed by atoms with Crippen LogP contribution < -0.4 is 5.32 Å². The monoisotopic (exact) mass is 275 g/mol. The summed E-state index contributed by atoms with van der Waals surface area (Å²) in [7, 11) is 2.18. The van der Waals surface area contributed by atoms with Gasteiger partial charge < -0.3 is 5.32 Å². The highest BCUT2D eigenvalue weighted by Crippen LogP contribution is 2.22. The van der Waals surface area contributed by atoms with Crippen LogP contribution in [0.4, 0.5) is 0 Å². The summed E-state index contributed by atoms with van der Waals surface area (Å²) >= 11 is 1.83. The molecule has 0 fully saturated rings. The second kappa shape index (κ2) is 7.38. The molecule has 0 aliphatic heterocycles. The Hall–Kier alpha value is -1.23. The summed E-state index contributed by atoms with van der Waals surface area (Å²) in [5.41, 5.74) is 1.23. The lowest BCUT2D eigenvalue weighted by Gasteiger charge is -2.23. The van der Waals surface area contributed by atoms with Crippen LogP contribution in [-0.2, 0) is 6.54 Å². The summed E-state index contributed by atoms with van der Waals surface area (Å²) in [4.78, 5) is 7.91. The maximum atomic E-state index is 4.11. The van der Waals surface area contributed by atoms with Gasteiger partial charge in [0.05, 0.1) is 0 Å². The van der Waals surface area contributed by atoms with E-state index in [1.54, 1.807) is 6.20 Å². The largest absolute Gasteiger partial charge is 0.311 e. The molecule has 0 saturated heterocycles. The molecule has 2 heterocycles. The molecule has 1 atom stereocenters. The van der Waals surface area contributed by atoms with Crippen molar-refractivity contribution >= 4 is 11.3 Å². The maximum Gasteiger partial charge on any atom is 0.0410 e. The molecule has 102 valence electrons. The van der Waals surface area contributed by atoms with Crippen molar-refractivity contribution in [3.8, 4) is 0 Å². The molecule has 2 rings (SSSR count). The SMILES string of the molecule is CC(c1cccs1)N(C)CCNCc1cccnc1. The van der Waals surface area contributed by atoms with Gasteiger partial charge in [0.2, 0.25) is 0 Å². The lowest BCUT2D eigenvalue weighted by molar-refractivity contribution is 0.264.